The summed E-state index contributed by atoms with van der Waals surface area (Å²) in [6.45, 7) is 7.27. The molecule has 11 heteroatoms. The number of hydrogen-bond donors (Lipinski definition) is 1. The predicted octanol–water partition coefficient (Wildman–Crippen LogP) is 5.35. The van der Waals surface area contributed by atoms with Gasteiger partial charge in [0.2, 0.25) is 24.4 Å². The molecule has 46 heavy (non-hydrogen) atoms. The van der Waals surface area contributed by atoms with Gasteiger partial charge in [-0.1, -0.05) is 26.7 Å². The van der Waals surface area contributed by atoms with Crippen molar-refractivity contribution in [2.24, 2.45) is 5.92 Å². The third kappa shape index (κ3) is 6.94. The Morgan fingerprint density at radius 2 is 1.91 bits per heavy atom. The van der Waals surface area contributed by atoms with Gasteiger partial charge in [-0.05, 0) is 74.1 Å². The van der Waals surface area contributed by atoms with E-state index >= 15 is 0 Å². The summed E-state index contributed by atoms with van der Waals surface area (Å²) in [5, 5.41) is 10.7. The van der Waals surface area contributed by atoms with Crippen LogP contribution in [0.3, 0.4) is 0 Å². The van der Waals surface area contributed by atoms with Gasteiger partial charge < -0.3 is 29.1 Å². The van der Waals surface area contributed by atoms with Crippen LogP contribution in [-0.2, 0) is 14.4 Å². The summed E-state index contributed by atoms with van der Waals surface area (Å²) in [6.07, 6.45) is 5.02. The molecular formula is C35H46FN3O7. The molecule has 0 bridgehead atoms. The van der Waals surface area contributed by atoms with Crippen LogP contribution in [0.25, 0.3) is 0 Å². The normalized spacial score (nSPS) is 21.0. The van der Waals surface area contributed by atoms with Gasteiger partial charge >= 0.3 is 5.97 Å². The molecule has 250 valence electrons. The first-order valence-corrected chi connectivity index (χ1v) is 16.5. The van der Waals surface area contributed by atoms with Gasteiger partial charge in [-0.15, -0.1) is 0 Å². The van der Waals surface area contributed by atoms with E-state index < -0.39 is 23.8 Å². The van der Waals surface area contributed by atoms with Crippen molar-refractivity contribution in [1.82, 2.24) is 9.80 Å². The van der Waals surface area contributed by atoms with Crippen LogP contribution in [0, 0.1) is 18.7 Å². The molecule has 3 atom stereocenters. The number of carboxylic acid groups (broad SMARTS) is 1. The Hall–Kier alpha value is -3.86. The molecule has 3 heterocycles. The number of benzene rings is 2. The largest absolute Gasteiger partial charge is 0.493 e. The zero-order valence-electron chi connectivity index (χ0n) is 27.3. The minimum atomic E-state index is -0.963. The lowest BCUT2D eigenvalue weighted by Gasteiger charge is -2.35. The highest BCUT2D eigenvalue weighted by atomic mass is 19.1. The van der Waals surface area contributed by atoms with E-state index in [0.717, 1.165) is 37.7 Å². The summed E-state index contributed by atoms with van der Waals surface area (Å²) in [7, 11) is 1.53. The van der Waals surface area contributed by atoms with E-state index in [1.165, 1.54) is 13.2 Å². The van der Waals surface area contributed by atoms with Crippen molar-refractivity contribution >= 4 is 23.5 Å². The average Bonchev–Trinajstić information content (AvgIpc) is 3.76. The molecule has 2 amide bonds. The van der Waals surface area contributed by atoms with Gasteiger partial charge in [0.25, 0.3) is 0 Å². The highest BCUT2D eigenvalue weighted by Crippen LogP contribution is 2.47. The van der Waals surface area contributed by atoms with Gasteiger partial charge in [-0.25, -0.2) is 4.39 Å². The molecule has 0 spiro atoms. The summed E-state index contributed by atoms with van der Waals surface area (Å²) in [4.78, 5) is 45.5. The first-order valence-electron chi connectivity index (χ1n) is 16.5. The Bertz CT molecular complexity index is 1430. The van der Waals surface area contributed by atoms with E-state index in [1.54, 1.807) is 34.9 Å². The van der Waals surface area contributed by atoms with E-state index in [0.29, 0.717) is 61.0 Å². The summed E-state index contributed by atoms with van der Waals surface area (Å²) >= 11 is 0. The van der Waals surface area contributed by atoms with Gasteiger partial charge in [0.05, 0.1) is 19.6 Å². The van der Waals surface area contributed by atoms with Crippen LogP contribution in [0.15, 0.2) is 30.3 Å². The number of fused-ring (bicyclic) bond motifs is 1. The molecule has 0 saturated carbocycles. The molecule has 5 rings (SSSR count). The molecule has 10 nitrogen and oxygen atoms in total. The molecule has 1 unspecified atom stereocenters. The number of aliphatic carboxylic acids is 1. The second-order valence-corrected chi connectivity index (χ2v) is 12.6. The Morgan fingerprint density at radius 3 is 2.54 bits per heavy atom. The Kier molecular flexibility index (Phi) is 10.7. The zero-order valence-corrected chi connectivity index (χ0v) is 27.3. The predicted molar refractivity (Wildman–Crippen MR) is 171 cm³/mol. The van der Waals surface area contributed by atoms with Crippen LogP contribution in [0.4, 0.5) is 10.1 Å². The lowest BCUT2D eigenvalue weighted by atomic mass is 9.84. The smallest absolute Gasteiger partial charge is 0.308 e. The Morgan fingerprint density at radius 1 is 1.15 bits per heavy atom. The van der Waals surface area contributed by atoms with Gasteiger partial charge in [-0.2, -0.15) is 0 Å². The van der Waals surface area contributed by atoms with E-state index in [1.807, 2.05) is 11.0 Å². The molecule has 1 N–H and O–H groups in total. The van der Waals surface area contributed by atoms with Crippen molar-refractivity contribution in [2.75, 3.05) is 45.0 Å². The lowest BCUT2D eigenvalue weighted by Crippen LogP contribution is -2.48. The molecule has 3 aliphatic rings. The number of hydrogen-bond acceptors (Lipinski definition) is 7. The molecule has 0 aliphatic carbocycles. The number of methoxy groups -OCH3 is 1. The number of likely N-dealkylation sites (tertiary alicyclic amines) is 2. The van der Waals surface area contributed by atoms with Crippen LogP contribution < -0.4 is 19.1 Å². The molecule has 2 aromatic rings. The summed E-state index contributed by atoms with van der Waals surface area (Å²) < 4.78 is 31.1. The maximum atomic E-state index is 14.4. The maximum Gasteiger partial charge on any atom is 0.308 e. The molecule has 3 aliphatic heterocycles. The molecule has 2 aromatic carbocycles. The van der Waals surface area contributed by atoms with Gasteiger partial charge in [0.1, 0.15) is 5.82 Å². The van der Waals surface area contributed by atoms with Crippen LogP contribution in [0.5, 0.6) is 17.2 Å². The minimum absolute atomic E-state index is 0.0130. The third-order valence-corrected chi connectivity index (χ3v) is 9.64. The van der Waals surface area contributed by atoms with Crippen molar-refractivity contribution in [1.29, 1.82) is 0 Å². The van der Waals surface area contributed by atoms with E-state index in [-0.39, 0.29) is 37.0 Å². The topological polar surface area (TPSA) is 109 Å². The van der Waals surface area contributed by atoms with Crippen LogP contribution in [0.2, 0.25) is 0 Å². The number of carbonyl (C=O) groups excluding carboxylic acids is 2. The van der Waals surface area contributed by atoms with Crippen molar-refractivity contribution in [3.05, 3.63) is 47.3 Å². The molecule has 0 radical (unpaired) electrons. The Balaban J connectivity index is 1.50. The van der Waals surface area contributed by atoms with Crippen LogP contribution in [0.1, 0.15) is 75.8 Å². The van der Waals surface area contributed by atoms with E-state index in [9.17, 15) is 23.9 Å². The standard InChI is InChI=1S/C35H46FN3O7/c1-5-8-24(9-6-2)39(25-11-12-27(36)22(3)16-25)32(41)20-38-19-26(23-17-29(44-4)34-30(18-23)45-21-46-34)33(35(42)43)28(38)13-15-37-14-7-10-31(37)40/h11-12,16-18,24,26,28,33H,5-10,13-15,19-21H2,1-4H3,(H,42,43)/t26-,28+,33?/m1/s1. The monoisotopic (exact) mass is 639 g/mol. The number of aryl methyl sites for hydroxylation is 1. The number of amides is 2. The van der Waals surface area contributed by atoms with E-state index in [4.69, 9.17) is 14.2 Å². The van der Waals surface area contributed by atoms with Crippen molar-refractivity contribution in [2.45, 2.75) is 83.7 Å². The summed E-state index contributed by atoms with van der Waals surface area (Å²) in [5.41, 5.74) is 1.83. The molecule has 0 aromatic heterocycles. The molecule has 2 fully saturated rings. The highest BCUT2D eigenvalue weighted by Gasteiger charge is 2.48. The molecular weight excluding hydrogens is 593 g/mol. The first kappa shape index (κ1) is 33.5. The van der Waals surface area contributed by atoms with Crippen molar-refractivity contribution in [3.63, 3.8) is 0 Å². The number of carboxylic acids is 1. The number of ether oxygens (including phenoxy) is 3. The second-order valence-electron chi connectivity index (χ2n) is 12.6. The minimum Gasteiger partial charge on any atom is -0.493 e. The fourth-order valence-electron chi connectivity index (χ4n) is 7.44. The van der Waals surface area contributed by atoms with Gasteiger partial charge in [-0.3, -0.25) is 19.3 Å². The van der Waals surface area contributed by atoms with E-state index in [2.05, 4.69) is 13.8 Å². The van der Waals surface area contributed by atoms with Crippen molar-refractivity contribution in [3.8, 4) is 17.2 Å². The zero-order chi connectivity index (χ0) is 33.0. The van der Waals surface area contributed by atoms with Gasteiger partial charge in [0, 0.05) is 49.7 Å². The van der Waals surface area contributed by atoms with Crippen LogP contribution >= 0.6 is 0 Å². The first-order chi connectivity index (χ1) is 22.2. The Labute approximate surface area is 270 Å². The number of carbonyl (C=O) groups is 3. The average molecular weight is 640 g/mol. The fourth-order valence-corrected chi connectivity index (χ4v) is 7.44. The number of nitrogens with zero attached hydrogens (tertiary/aromatic N) is 3. The second kappa shape index (κ2) is 14.7. The summed E-state index contributed by atoms with van der Waals surface area (Å²) in [5.74, 6) is -1.27. The maximum absolute atomic E-state index is 14.4. The molecule has 2 saturated heterocycles. The SMILES string of the molecule is CCCC(CCC)N(C(=O)CN1C[C@H](c2cc(OC)c3c(c2)OCO3)C(C(=O)O)[C@@H]1CCN1CCCC1=O)c1ccc(F)c(C)c1. The third-order valence-electron chi connectivity index (χ3n) is 9.64. The van der Waals surface area contributed by atoms with Crippen molar-refractivity contribution < 1.29 is 38.1 Å². The quantitative estimate of drug-likeness (QED) is 0.295. The number of rotatable bonds is 14. The fraction of sp³-hybridized carbons (Fsp3) is 0.571. The lowest BCUT2D eigenvalue weighted by molar-refractivity contribution is -0.143. The highest BCUT2D eigenvalue weighted by molar-refractivity contribution is 5.95. The van der Waals surface area contributed by atoms with Crippen LogP contribution in [-0.4, -0.2) is 84.9 Å². The number of anilines is 1. The summed E-state index contributed by atoms with van der Waals surface area (Å²) in [6, 6.07) is 7.78. The number of halogens is 1. The van der Waals surface area contributed by atoms with Gasteiger partial charge in [0.15, 0.2) is 11.5 Å².